The molecule has 2 unspecified atom stereocenters. The third-order valence-corrected chi connectivity index (χ3v) is 4.76. The Morgan fingerprint density at radius 1 is 1.38 bits per heavy atom. The summed E-state index contributed by atoms with van der Waals surface area (Å²) < 4.78 is 1.92. The molecule has 112 valence electrons. The number of rotatable bonds is 3. The number of halogens is 1. The Labute approximate surface area is 129 Å². The van der Waals surface area contributed by atoms with E-state index in [1.54, 1.807) is 0 Å². The lowest BCUT2D eigenvalue weighted by molar-refractivity contribution is 0.246. The van der Waals surface area contributed by atoms with Crippen LogP contribution in [0.1, 0.15) is 45.1 Å². The van der Waals surface area contributed by atoms with E-state index >= 15 is 0 Å². The van der Waals surface area contributed by atoms with Crippen LogP contribution in [0.4, 0.5) is 5.69 Å². The highest BCUT2D eigenvalue weighted by Gasteiger charge is 2.26. The van der Waals surface area contributed by atoms with Gasteiger partial charge in [-0.25, -0.2) is 4.68 Å². The van der Waals surface area contributed by atoms with Crippen LogP contribution in [0.15, 0.2) is 18.2 Å². The van der Waals surface area contributed by atoms with E-state index in [0.717, 1.165) is 24.3 Å². The van der Waals surface area contributed by atoms with Gasteiger partial charge in [0.15, 0.2) is 5.82 Å². The Hall–Kier alpha value is -1.62. The Balaban J connectivity index is 1.98. The highest BCUT2D eigenvalue weighted by Crippen LogP contribution is 2.38. The summed E-state index contributed by atoms with van der Waals surface area (Å²) in [7, 11) is 0. The zero-order valence-electron chi connectivity index (χ0n) is 12.2. The van der Waals surface area contributed by atoms with Crippen LogP contribution in [0.3, 0.4) is 0 Å². The summed E-state index contributed by atoms with van der Waals surface area (Å²) in [4.78, 5) is 0. The van der Waals surface area contributed by atoms with Crippen molar-refractivity contribution in [3.8, 4) is 11.4 Å². The van der Waals surface area contributed by atoms with Crippen molar-refractivity contribution in [3.05, 3.63) is 23.2 Å². The van der Waals surface area contributed by atoms with Crippen LogP contribution in [0.2, 0.25) is 5.02 Å². The van der Waals surface area contributed by atoms with Gasteiger partial charge in [0.2, 0.25) is 0 Å². The molecule has 2 N–H and O–H groups in total. The Bertz CT molecular complexity index is 604. The Kier molecular flexibility index (Phi) is 4.10. The van der Waals surface area contributed by atoms with Gasteiger partial charge in [0.05, 0.1) is 16.6 Å². The standard InChI is InChI=1S/C15H20ClN5/c1-2-10-5-3-6-11(9-10)21-15(18-19-20-21)14-12(16)7-4-8-13(14)17/h4,7-8,10-11H,2-3,5-6,9,17H2,1H3. The fourth-order valence-corrected chi connectivity index (χ4v) is 3.50. The molecule has 1 aromatic carbocycles. The van der Waals surface area contributed by atoms with Gasteiger partial charge in [0.25, 0.3) is 0 Å². The number of aromatic nitrogens is 4. The van der Waals surface area contributed by atoms with Crippen molar-refractivity contribution in [3.63, 3.8) is 0 Å². The van der Waals surface area contributed by atoms with E-state index in [9.17, 15) is 0 Å². The maximum atomic E-state index is 6.30. The molecular weight excluding hydrogens is 286 g/mol. The monoisotopic (exact) mass is 305 g/mol. The summed E-state index contributed by atoms with van der Waals surface area (Å²) in [5, 5.41) is 12.8. The number of hydrogen-bond donors (Lipinski definition) is 1. The van der Waals surface area contributed by atoms with E-state index in [-0.39, 0.29) is 0 Å². The van der Waals surface area contributed by atoms with Crippen molar-refractivity contribution < 1.29 is 0 Å². The van der Waals surface area contributed by atoms with Gasteiger partial charge >= 0.3 is 0 Å². The van der Waals surface area contributed by atoms with Crippen molar-refractivity contribution in [2.24, 2.45) is 5.92 Å². The minimum atomic E-state index is 0.337. The second-order valence-electron chi connectivity index (χ2n) is 5.75. The van der Waals surface area contributed by atoms with Crippen LogP contribution in [0.5, 0.6) is 0 Å². The highest BCUT2D eigenvalue weighted by atomic mass is 35.5. The summed E-state index contributed by atoms with van der Waals surface area (Å²) in [6, 6.07) is 5.82. The molecule has 21 heavy (non-hydrogen) atoms. The number of nitrogens with two attached hydrogens (primary N) is 1. The summed E-state index contributed by atoms with van der Waals surface area (Å²) in [5.41, 5.74) is 7.42. The van der Waals surface area contributed by atoms with Gasteiger partial charge in [0.1, 0.15) is 0 Å². The predicted molar refractivity (Wildman–Crippen MR) is 84.0 cm³/mol. The average Bonchev–Trinajstić information content (AvgIpc) is 2.96. The first kappa shape index (κ1) is 14.3. The van der Waals surface area contributed by atoms with Gasteiger partial charge in [-0.2, -0.15) is 0 Å². The highest BCUT2D eigenvalue weighted by molar-refractivity contribution is 6.33. The number of nitrogens with zero attached hydrogens (tertiary/aromatic N) is 4. The maximum absolute atomic E-state index is 6.30. The molecule has 3 rings (SSSR count). The number of tetrazole rings is 1. The molecule has 2 atom stereocenters. The zero-order chi connectivity index (χ0) is 14.8. The zero-order valence-corrected chi connectivity index (χ0v) is 12.9. The van der Waals surface area contributed by atoms with Crippen LogP contribution < -0.4 is 5.73 Å². The molecule has 0 spiro atoms. The van der Waals surface area contributed by atoms with E-state index < -0.39 is 0 Å². The smallest absolute Gasteiger partial charge is 0.185 e. The minimum absolute atomic E-state index is 0.337. The third kappa shape index (κ3) is 2.75. The van der Waals surface area contributed by atoms with E-state index in [4.69, 9.17) is 17.3 Å². The molecule has 6 heteroatoms. The normalized spacial score (nSPS) is 22.4. The number of hydrogen-bond acceptors (Lipinski definition) is 4. The predicted octanol–water partition coefficient (Wildman–Crippen LogP) is 3.72. The van der Waals surface area contributed by atoms with Crippen molar-refractivity contribution in [1.29, 1.82) is 0 Å². The summed E-state index contributed by atoms with van der Waals surface area (Å²) in [6.07, 6.45) is 5.97. The van der Waals surface area contributed by atoms with E-state index in [1.807, 2.05) is 22.9 Å². The SMILES string of the molecule is CCC1CCCC(n2nnnc2-c2c(N)cccc2Cl)C1. The molecule has 1 aromatic heterocycles. The van der Waals surface area contributed by atoms with Gasteiger partial charge in [-0.15, -0.1) is 5.10 Å². The fraction of sp³-hybridized carbons (Fsp3) is 0.533. The number of anilines is 1. The molecule has 0 bridgehead atoms. The van der Waals surface area contributed by atoms with E-state index in [1.165, 1.54) is 19.3 Å². The summed E-state index contributed by atoms with van der Waals surface area (Å²) in [5.74, 6) is 1.43. The van der Waals surface area contributed by atoms with Crippen molar-refractivity contribution in [2.45, 2.75) is 45.1 Å². The first-order valence-corrected chi connectivity index (χ1v) is 7.90. The molecule has 1 fully saturated rings. The molecule has 0 aliphatic heterocycles. The molecule has 1 saturated carbocycles. The van der Waals surface area contributed by atoms with Gasteiger partial charge in [-0.05, 0) is 41.3 Å². The van der Waals surface area contributed by atoms with Gasteiger partial charge in [0, 0.05) is 5.69 Å². The lowest BCUT2D eigenvalue weighted by Gasteiger charge is -2.28. The molecule has 1 aliphatic rings. The van der Waals surface area contributed by atoms with Gasteiger partial charge in [-0.3, -0.25) is 0 Å². The number of nitrogen functional groups attached to an aromatic ring is 1. The van der Waals surface area contributed by atoms with Crippen LogP contribution in [-0.2, 0) is 0 Å². The molecule has 0 saturated heterocycles. The van der Waals surface area contributed by atoms with E-state index in [0.29, 0.717) is 22.6 Å². The second-order valence-corrected chi connectivity index (χ2v) is 6.15. The quantitative estimate of drug-likeness (QED) is 0.877. The van der Waals surface area contributed by atoms with Crippen molar-refractivity contribution in [2.75, 3.05) is 5.73 Å². The Morgan fingerprint density at radius 2 is 2.24 bits per heavy atom. The third-order valence-electron chi connectivity index (χ3n) is 4.44. The topological polar surface area (TPSA) is 69.6 Å². The van der Waals surface area contributed by atoms with Gasteiger partial charge < -0.3 is 5.73 Å². The minimum Gasteiger partial charge on any atom is -0.398 e. The lowest BCUT2D eigenvalue weighted by atomic mass is 9.84. The fourth-order valence-electron chi connectivity index (χ4n) is 3.24. The molecule has 1 aliphatic carbocycles. The van der Waals surface area contributed by atoms with Crippen LogP contribution in [0.25, 0.3) is 11.4 Å². The van der Waals surface area contributed by atoms with Crippen LogP contribution in [0, 0.1) is 5.92 Å². The Morgan fingerprint density at radius 3 is 3.00 bits per heavy atom. The maximum Gasteiger partial charge on any atom is 0.185 e. The van der Waals surface area contributed by atoms with Gasteiger partial charge in [-0.1, -0.05) is 43.9 Å². The van der Waals surface area contributed by atoms with E-state index in [2.05, 4.69) is 22.4 Å². The van der Waals surface area contributed by atoms with Crippen molar-refractivity contribution in [1.82, 2.24) is 20.2 Å². The molecular formula is C15H20ClN5. The molecule has 2 aromatic rings. The largest absolute Gasteiger partial charge is 0.398 e. The van der Waals surface area contributed by atoms with Crippen molar-refractivity contribution >= 4 is 17.3 Å². The first-order chi connectivity index (χ1) is 10.2. The average molecular weight is 306 g/mol. The first-order valence-electron chi connectivity index (χ1n) is 7.53. The number of benzene rings is 1. The second kappa shape index (κ2) is 6.02. The summed E-state index contributed by atoms with van der Waals surface area (Å²) >= 11 is 6.30. The summed E-state index contributed by atoms with van der Waals surface area (Å²) in [6.45, 7) is 2.25. The molecule has 0 amide bonds. The lowest BCUT2D eigenvalue weighted by Crippen LogP contribution is -2.21. The van der Waals surface area contributed by atoms with Crippen LogP contribution in [-0.4, -0.2) is 20.2 Å². The molecule has 0 radical (unpaired) electrons. The van der Waals surface area contributed by atoms with Crippen LogP contribution >= 0.6 is 11.6 Å². The molecule has 5 nitrogen and oxygen atoms in total. The molecule has 1 heterocycles.